The summed E-state index contributed by atoms with van der Waals surface area (Å²) in [6.45, 7) is 2.86. The van der Waals surface area contributed by atoms with Crippen LogP contribution in [0, 0.1) is 0 Å². The summed E-state index contributed by atoms with van der Waals surface area (Å²) in [6.07, 6.45) is 0. The number of oxazole rings is 1. The molecule has 0 bridgehead atoms. The number of benzene rings is 2. The molecule has 152 valence electrons. The van der Waals surface area contributed by atoms with E-state index in [1.54, 1.807) is 36.4 Å². The average Bonchev–Trinajstić information content (AvgIpc) is 3.15. The van der Waals surface area contributed by atoms with Gasteiger partial charge in [0.1, 0.15) is 0 Å². The molecule has 1 aromatic heterocycles. The second kappa shape index (κ2) is 7.99. The zero-order valence-electron chi connectivity index (χ0n) is 15.7. The highest BCUT2D eigenvalue weighted by Gasteiger charge is 2.32. The quantitative estimate of drug-likeness (QED) is 0.590. The van der Waals surface area contributed by atoms with Gasteiger partial charge in [-0.2, -0.15) is 4.98 Å². The van der Waals surface area contributed by atoms with Crippen molar-refractivity contribution < 1.29 is 12.8 Å². The second-order valence-corrected chi connectivity index (χ2v) is 9.57. The molecule has 2 aromatic carbocycles. The van der Waals surface area contributed by atoms with E-state index in [-0.39, 0.29) is 21.7 Å². The minimum Gasteiger partial charge on any atom is -0.419 e. The Labute approximate surface area is 179 Å². The first-order chi connectivity index (χ1) is 13.9. The highest BCUT2D eigenvalue weighted by atomic mass is 35.5. The molecule has 1 aliphatic rings. The number of sulfone groups is 1. The number of anilines is 1. The van der Waals surface area contributed by atoms with E-state index in [4.69, 9.17) is 27.6 Å². The summed E-state index contributed by atoms with van der Waals surface area (Å²) >= 11 is 12.2. The van der Waals surface area contributed by atoms with Crippen molar-refractivity contribution in [2.75, 3.05) is 38.1 Å². The number of halogens is 2. The van der Waals surface area contributed by atoms with Gasteiger partial charge in [0.2, 0.25) is 26.6 Å². The molecule has 1 saturated heterocycles. The van der Waals surface area contributed by atoms with Gasteiger partial charge in [0, 0.05) is 31.2 Å². The molecule has 0 aliphatic carbocycles. The SMILES string of the molecule is CN1CCN(c2oc(-c3ccccc3Cl)nc2S(=O)(=O)c2ccc(Cl)cc2)CC1. The van der Waals surface area contributed by atoms with Crippen LogP contribution in [0.25, 0.3) is 11.5 Å². The largest absolute Gasteiger partial charge is 0.419 e. The third-order valence-electron chi connectivity index (χ3n) is 4.85. The standard InChI is InChI=1S/C20H19Cl2N3O3S/c1-24-10-12-25(13-11-24)20-19(29(26,27)15-8-6-14(21)7-9-15)23-18(28-20)16-4-2-3-5-17(16)22/h2-9H,10-13H2,1H3. The topological polar surface area (TPSA) is 66.7 Å². The number of piperazine rings is 1. The van der Waals surface area contributed by atoms with Crippen molar-refractivity contribution in [1.82, 2.24) is 9.88 Å². The lowest BCUT2D eigenvalue weighted by Gasteiger charge is -2.32. The molecule has 4 rings (SSSR count). The monoisotopic (exact) mass is 451 g/mol. The summed E-state index contributed by atoms with van der Waals surface area (Å²) in [5, 5.41) is 0.786. The van der Waals surface area contributed by atoms with E-state index in [1.807, 2.05) is 11.9 Å². The number of rotatable bonds is 4. The molecule has 2 heterocycles. The molecule has 9 heteroatoms. The average molecular weight is 452 g/mol. The Morgan fingerprint density at radius 1 is 0.966 bits per heavy atom. The summed E-state index contributed by atoms with van der Waals surface area (Å²) in [5.74, 6) is 0.417. The Morgan fingerprint density at radius 2 is 1.62 bits per heavy atom. The molecule has 0 atom stereocenters. The summed E-state index contributed by atoms with van der Waals surface area (Å²) in [7, 11) is -1.89. The van der Waals surface area contributed by atoms with Gasteiger partial charge < -0.3 is 14.2 Å². The van der Waals surface area contributed by atoms with E-state index in [0.29, 0.717) is 28.7 Å². The number of hydrogen-bond donors (Lipinski definition) is 0. The Morgan fingerprint density at radius 3 is 2.28 bits per heavy atom. The van der Waals surface area contributed by atoms with Gasteiger partial charge in [-0.25, -0.2) is 8.42 Å². The Balaban J connectivity index is 1.85. The summed E-state index contributed by atoms with van der Waals surface area (Å²) in [4.78, 5) is 8.57. The van der Waals surface area contributed by atoms with Crippen LogP contribution in [-0.4, -0.2) is 51.5 Å². The zero-order chi connectivity index (χ0) is 20.6. The molecular weight excluding hydrogens is 433 g/mol. The third-order valence-corrected chi connectivity index (χ3v) is 7.10. The molecule has 1 aliphatic heterocycles. The molecule has 0 radical (unpaired) electrons. The van der Waals surface area contributed by atoms with Crippen molar-refractivity contribution in [3.63, 3.8) is 0 Å². The second-order valence-electron chi connectivity index (χ2n) is 6.86. The fraction of sp³-hybridized carbons (Fsp3) is 0.250. The normalized spacial score (nSPS) is 15.6. The van der Waals surface area contributed by atoms with Crippen molar-refractivity contribution in [3.8, 4) is 11.5 Å². The maximum absolute atomic E-state index is 13.4. The maximum atomic E-state index is 13.4. The van der Waals surface area contributed by atoms with Crippen LogP contribution in [0.5, 0.6) is 0 Å². The maximum Gasteiger partial charge on any atom is 0.236 e. The minimum absolute atomic E-state index is 0.108. The molecule has 29 heavy (non-hydrogen) atoms. The van der Waals surface area contributed by atoms with Crippen molar-refractivity contribution in [1.29, 1.82) is 0 Å². The van der Waals surface area contributed by atoms with Gasteiger partial charge in [-0.05, 0) is 43.4 Å². The number of aromatic nitrogens is 1. The molecular formula is C20H19Cl2N3O3S. The molecule has 6 nitrogen and oxygen atoms in total. The minimum atomic E-state index is -3.91. The molecule has 0 unspecified atom stereocenters. The van der Waals surface area contributed by atoms with Crippen LogP contribution in [0.1, 0.15) is 0 Å². The van der Waals surface area contributed by atoms with Gasteiger partial charge in [-0.15, -0.1) is 0 Å². The Bertz CT molecular complexity index is 1120. The van der Waals surface area contributed by atoms with E-state index in [0.717, 1.165) is 13.1 Å². The smallest absolute Gasteiger partial charge is 0.236 e. The molecule has 1 fully saturated rings. The van der Waals surface area contributed by atoms with E-state index in [2.05, 4.69) is 9.88 Å². The van der Waals surface area contributed by atoms with E-state index >= 15 is 0 Å². The van der Waals surface area contributed by atoms with Crippen molar-refractivity contribution in [2.24, 2.45) is 0 Å². The van der Waals surface area contributed by atoms with E-state index in [1.165, 1.54) is 12.1 Å². The van der Waals surface area contributed by atoms with Crippen LogP contribution < -0.4 is 4.90 Å². The fourth-order valence-corrected chi connectivity index (χ4v) is 4.82. The molecule has 0 amide bonds. The summed E-state index contributed by atoms with van der Waals surface area (Å²) in [5.41, 5.74) is 0.544. The first-order valence-electron chi connectivity index (χ1n) is 9.06. The Hall–Kier alpha value is -2.06. The summed E-state index contributed by atoms with van der Waals surface area (Å²) < 4.78 is 32.7. The number of hydrogen-bond acceptors (Lipinski definition) is 6. The van der Waals surface area contributed by atoms with E-state index in [9.17, 15) is 8.42 Å². The Kier molecular flexibility index (Phi) is 5.57. The van der Waals surface area contributed by atoms with Gasteiger partial charge in [0.15, 0.2) is 0 Å². The first kappa shape index (κ1) is 20.2. The summed E-state index contributed by atoms with van der Waals surface area (Å²) in [6, 6.07) is 13.1. The number of nitrogens with zero attached hydrogens (tertiary/aromatic N) is 3. The lowest BCUT2D eigenvalue weighted by Crippen LogP contribution is -2.44. The third kappa shape index (κ3) is 4.00. The van der Waals surface area contributed by atoms with Gasteiger partial charge in [0.25, 0.3) is 0 Å². The van der Waals surface area contributed by atoms with Crippen molar-refractivity contribution >= 4 is 38.9 Å². The van der Waals surface area contributed by atoms with Crippen LogP contribution in [0.3, 0.4) is 0 Å². The fourth-order valence-electron chi connectivity index (χ4n) is 3.16. The van der Waals surface area contributed by atoms with Gasteiger partial charge >= 0.3 is 0 Å². The van der Waals surface area contributed by atoms with Crippen LogP contribution >= 0.6 is 23.2 Å². The van der Waals surface area contributed by atoms with Crippen LogP contribution in [0.2, 0.25) is 10.0 Å². The molecule has 0 spiro atoms. The molecule has 3 aromatic rings. The van der Waals surface area contributed by atoms with E-state index < -0.39 is 9.84 Å². The number of likely N-dealkylation sites (N-methyl/N-ethyl adjacent to an activating group) is 1. The van der Waals surface area contributed by atoms with Crippen LogP contribution in [-0.2, 0) is 9.84 Å². The predicted molar refractivity (Wildman–Crippen MR) is 114 cm³/mol. The molecule has 0 saturated carbocycles. The predicted octanol–water partition coefficient (Wildman–Crippen LogP) is 4.23. The highest BCUT2D eigenvalue weighted by molar-refractivity contribution is 7.91. The van der Waals surface area contributed by atoms with Crippen molar-refractivity contribution in [3.05, 3.63) is 58.6 Å². The lowest BCUT2D eigenvalue weighted by atomic mass is 10.2. The molecule has 0 N–H and O–H groups in total. The van der Waals surface area contributed by atoms with Crippen LogP contribution in [0.15, 0.2) is 62.9 Å². The van der Waals surface area contributed by atoms with Gasteiger partial charge in [-0.1, -0.05) is 35.3 Å². The van der Waals surface area contributed by atoms with Crippen molar-refractivity contribution in [2.45, 2.75) is 9.92 Å². The first-order valence-corrected chi connectivity index (χ1v) is 11.3. The van der Waals surface area contributed by atoms with Gasteiger partial charge in [-0.3, -0.25) is 0 Å². The highest BCUT2D eigenvalue weighted by Crippen LogP contribution is 2.37. The van der Waals surface area contributed by atoms with Crippen LogP contribution in [0.4, 0.5) is 5.88 Å². The van der Waals surface area contributed by atoms with Gasteiger partial charge in [0.05, 0.1) is 15.5 Å². The zero-order valence-corrected chi connectivity index (χ0v) is 18.0. The lowest BCUT2D eigenvalue weighted by molar-refractivity contribution is 0.305.